The Kier molecular flexibility index (Phi) is 6.29. The van der Waals surface area contributed by atoms with E-state index in [9.17, 15) is 4.79 Å². The lowest BCUT2D eigenvalue weighted by atomic mass is 10.2. The summed E-state index contributed by atoms with van der Waals surface area (Å²) in [4.78, 5) is 11.8. The molecule has 0 aliphatic heterocycles. The first-order chi connectivity index (χ1) is 10.5. The third-order valence-electron chi connectivity index (χ3n) is 2.87. The van der Waals surface area contributed by atoms with Gasteiger partial charge in [-0.05, 0) is 58.2 Å². The molecule has 0 heterocycles. The number of hydrogen-bond donors (Lipinski definition) is 0. The fourth-order valence-electron chi connectivity index (χ4n) is 1.73. The third-order valence-corrected chi connectivity index (χ3v) is 4.28. The molecule has 3 nitrogen and oxygen atoms in total. The van der Waals surface area contributed by atoms with Gasteiger partial charge in [-0.1, -0.05) is 40.5 Å². The summed E-state index contributed by atoms with van der Waals surface area (Å²) in [7, 11) is 0. The van der Waals surface area contributed by atoms with Crippen LogP contribution in [0.4, 0.5) is 0 Å². The van der Waals surface area contributed by atoms with Crippen molar-refractivity contribution in [2.75, 3.05) is 6.61 Å². The first-order valence-electron chi connectivity index (χ1n) is 6.56. The Morgan fingerprint density at radius 2 is 1.86 bits per heavy atom. The van der Waals surface area contributed by atoms with Crippen molar-refractivity contribution in [1.29, 1.82) is 0 Å². The summed E-state index contributed by atoms with van der Waals surface area (Å²) < 4.78 is 12.3. The van der Waals surface area contributed by atoms with E-state index in [2.05, 4.69) is 38.8 Å². The van der Waals surface area contributed by atoms with Crippen LogP contribution < -0.4 is 9.47 Å². The Morgan fingerprint density at radius 1 is 1.14 bits per heavy atom. The highest BCUT2D eigenvalue weighted by Crippen LogP contribution is 2.28. The van der Waals surface area contributed by atoms with Crippen LogP contribution in [0.2, 0.25) is 5.02 Å². The third kappa shape index (κ3) is 4.73. The van der Waals surface area contributed by atoms with Gasteiger partial charge in [-0.3, -0.25) is 0 Å². The summed E-state index contributed by atoms with van der Waals surface area (Å²) in [6, 6.07) is 10.8. The Balaban J connectivity index is 1.95. The normalized spacial score (nSPS) is 10.4. The molecular weight excluding hydrogens is 435 g/mol. The Morgan fingerprint density at radius 3 is 2.50 bits per heavy atom. The van der Waals surface area contributed by atoms with Gasteiger partial charge < -0.3 is 9.47 Å². The van der Waals surface area contributed by atoms with Crippen LogP contribution in [-0.2, 0) is 11.2 Å². The van der Waals surface area contributed by atoms with E-state index in [1.807, 2.05) is 18.2 Å². The van der Waals surface area contributed by atoms with Crippen LogP contribution in [0.15, 0.2) is 45.3 Å². The average Bonchev–Trinajstić information content (AvgIpc) is 2.48. The first-order valence-corrected chi connectivity index (χ1v) is 8.53. The van der Waals surface area contributed by atoms with Crippen LogP contribution in [0.25, 0.3) is 0 Å². The quantitative estimate of drug-likeness (QED) is 0.453. The first kappa shape index (κ1) is 17.3. The van der Waals surface area contributed by atoms with E-state index < -0.39 is 5.97 Å². The van der Waals surface area contributed by atoms with E-state index in [0.717, 1.165) is 15.4 Å². The second-order valence-corrected chi connectivity index (χ2v) is 6.63. The smallest absolute Gasteiger partial charge is 0.349 e. The summed E-state index contributed by atoms with van der Waals surface area (Å²) in [5, 5.41) is 0.358. The van der Waals surface area contributed by atoms with Crippen LogP contribution in [0.3, 0.4) is 0 Å². The molecule has 0 aliphatic carbocycles. The zero-order valence-electron chi connectivity index (χ0n) is 11.7. The van der Waals surface area contributed by atoms with Gasteiger partial charge in [0.1, 0.15) is 11.5 Å². The van der Waals surface area contributed by atoms with Gasteiger partial charge in [0.05, 0.1) is 9.50 Å². The number of carbonyl (C=O) groups is 1. The monoisotopic (exact) mass is 446 g/mol. The molecule has 0 unspecified atom stereocenters. The maximum absolute atomic E-state index is 11.8. The van der Waals surface area contributed by atoms with Gasteiger partial charge in [-0.2, -0.15) is 0 Å². The van der Waals surface area contributed by atoms with Crippen LogP contribution >= 0.6 is 43.5 Å². The number of benzene rings is 2. The molecule has 0 atom stereocenters. The van der Waals surface area contributed by atoms with E-state index in [0.29, 0.717) is 16.5 Å². The molecule has 0 radical (unpaired) electrons. The van der Waals surface area contributed by atoms with Gasteiger partial charge in [0.2, 0.25) is 0 Å². The van der Waals surface area contributed by atoms with Gasteiger partial charge in [0.15, 0.2) is 6.61 Å². The number of esters is 1. The summed E-state index contributed by atoms with van der Waals surface area (Å²) in [5.41, 5.74) is 1.18. The van der Waals surface area contributed by atoms with E-state index >= 15 is 0 Å². The van der Waals surface area contributed by atoms with E-state index in [-0.39, 0.29) is 6.61 Å². The van der Waals surface area contributed by atoms with Crippen molar-refractivity contribution in [3.8, 4) is 11.5 Å². The van der Waals surface area contributed by atoms with E-state index in [1.165, 1.54) is 5.56 Å². The molecule has 0 spiro atoms. The summed E-state index contributed by atoms with van der Waals surface area (Å²) >= 11 is 12.7. The molecule has 0 bridgehead atoms. The largest absolute Gasteiger partial charge is 0.481 e. The molecular formula is C16H13Br2ClO3. The van der Waals surface area contributed by atoms with Crippen LogP contribution in [0, 0.1) is 0 Å². The van der Waals surface area contributed by atoms with Crippen molar-refractivity contribution in [3.05, 3.63) is 55.9 Å². The molecule has 6 heteroatoms. The van der Waals surface area contributed by atoms with Gasteiger partial charge in [-0.15, -0.1) is 0 Å². The maximum atomic E-state index is 11.8. The highest BCUT2D eigenvalue weighted by Gasteiger charge is 2.11. The number of ether oxygens (including phenoxy) is 2. The Bertz CT molecular complexity index is 689. The topological polar surface area (TPSA) is 35.5 Å². The predicted molar refractivity (Wildman–Crippen MR) is 93.8 cm³/mol. The van der Waals surface area contributed by atoms with Crippen molar-refractivity contribution in [1.82, 2.24) is 0 Å². The van der Waals surface area contributed by atoms with Crippen molar-refractivity contribution >= 4 is 49.4 Å². The minimum atomic E-state index is -0.518. The maximum Gasteiger partial charge on any atom is 0.349 e. The van der Waals surface area contributed by atoms with Crippen molar-refractivity contribution in [2.45, 2.75) is 13.3 Å². The second kappa shape index (κ2) is 7.99. The Hall–Kier alpha value is -1.04. The average molecular weight is 449 g/mol. The van der Waals surface area contributed by atoms with Gasteiger partial charge in [0.25, 0.3) is 0 Å². The highest BCUT2D eigenvalue weighted by atomic mass is 79.9. The molecule has 0 aromatic heterocycles. The lowest BCUT2D eigenvalue weighted by Crippen LogP contribution is -2.18. The molecule has 22 heavy (non-hydrogen) atoms. The molecule has 116 valence electrons. The molecule has 0 fully saturated rings. The molecule has 0 amide bonds. The zero-order valence-corrected chi connectivity index (χ0v) is 15.7. The predicted octanol–water partition coefficient (Wildman–Crippen LogP) is 5.41. The molecule has 2 rings (SSSR count). The highest BCUT2D eigenvalue weighted by molar-refractivity contribution is 9.10. The fourth-order valence-corrected chi connectivity index (χ4v) is 2.98. The number of carbonyl (C=O) groups excluding carboxylic acids is 1. The zero-order chi connectivity index (χ0) is 16.1. The number of aryl methyl sites for hydroxylation is 1. The van der Waals surface area contributed by atoms with Crippen molar-refractivity contribution < 1.29 is 14.3 Å². The number of rotatable bonds is 5. The lowest BCUT2D eigenvalue weighted by molar-refractivity contribution is -0.136. The van der Waals surface area contributed by atoms with Crippen LogP contribution in [0.5, 0.6) is 11.5 Å². The number of halogens is 3. The lowest BCUT2D eigenvalue weighted by Gasteiger charge is -2.10. The Labute approximate surface area is 150 Å². The van der Waals surface area contributed by atoms with E-state index in [4.69, 9.17) is 21.1 Å². The van der Waals surface area contributed by atoms with Crippen molar-refractivity contribution in [2.24, 2.45) is 0 Å². The summed E-state index contributed by atoms with van der Waals surface area (Å²) in [6.45, 7) is 1.87. The standard InChI is InChI=1S/C16H13Br2ClO3/c1-2-10-3-5-14(12(18)7-10)21-9-16(20)22-15-6-4-11(17)8-13(15)19/h3-8H,2,9H2,1H3. The summed E-state index contributed by atoms with van der Waals surface area (Å²) in [5.74, 6) is 0.380. The molecule has 0 saturated heterocycles. The number of hydrogen-bond acceptors (Lipinski definition) is 3. The molecule has 0 saturated carbocycles. The van der Waals surface area contributed by atoms with Gasteiger partial charge >= 0.3 is 5.97 Å². The second-order valence-electron chi connectivity index (χ2n) is 4.46. The molecule has 0 N–H and O–H groups in total. The molecule has 2 aromatic carbocycles. The molecule has 2 aromatic rings. The van der Waals surface area contributed by atoms with E-state index in [1.54, 1.807) is 18.2 Å². The summed E-state index contributed by atoms with van der Waals surface area (Å²) in [6.07, 6.45) is 0.934. The van der Waals surface area contributed by atoms with Gasteiger partial charge in [-0.25, -0.2) is 4.79 Å². The van der Waals surface area contributed by atoms with Crippen molar-refractivity contribution in [3.63, 3.8) is 0 Å². The van der Waals surface area contributed by atoms with Crippen LogP contribution in [-0.4, -0.2) is 12.6 Å². The fraction of sp³-hybridized carbons (Fsp3) is 0.188. The minimum absolute atomic E-state index is 0.198. The minimum Gasteiger partial charge on any atom is -0.481 e. The SMILES string of the molecule is CCc1ccc(OCC(=O)Oc2ccc(Br)cc2Cl)c(Br)c1. The van der Waals surface area contributed by atoms with Gasteiger partial charge in [0, 0.05) is 4.47 Å². The van der Waals surface area contributed by atoms with Crippen LogP contribution in [0.1, 0.15) is 12.5 Å². The molecule has 0 aliphatic rings.